The summed E-state index contributed by atoms with van der Waals surface area (Å²) in [5.74, 6) is 1.55. The van der Waals surface area contributed by atoms with Crippen LogP contribution in [0, 0.1) is 5.41 Å². The van der Waals surface area contributed by atoms with Crippen molar-refractivity contribution < 1.29 is 9.84 Å². The van der Waals surface area contributed by atoms with E-state index in [2.05, 4.69) is 0 Å². The Morgan fingerprint density at radius 3 is 3.00 bits per heavy atom. The molecule has 1 saturated carbocycles. The number of rotatable bonds is 0. The molecule has 0 saturated heterocycles. The quantitative estimate of drug-likeness (QED) is 0.595. The maximum atomic E-state index is 9.68. The molecular formula is C10H12O2. The molecule has 2 nitrogen and oxygen atoms in total. The highest BCUT2D eigenvalue weighted by Gasteiger charge is 2.53. The molecule has 1 fully saturated rings. The molecular weight excluding hydrogens is 152 g/mol. The van der Waals surface area contributed by atoms with Gasteiger partial charge in [0, 0.05) is 17.4 Å². The Balaban J connectivity index is 2.09. The van der Waals surface area contributed by atoms with Crippen molar-refractivity contribution >= 4 is 0 Å². The van der Waals surface area contributed by atoms with E-state index >= 15 is 0 Å². The van der Waals surface area contributed by atoms with Gasteiger partial charge in [-0.2, -0.15) is 0 Å². The minimum absolute atomic E-state index is 0.246. The molecule has 0 aromatic carbocycles. The Labute approximate surface area is 71.5 Å². The first-order valence-electron chi connectivity index (χ1n) is 4.58. The average Bonchev–Trinajstić information content (AvgIpc) is 2.71. The monoisotopic (exact) mass is 164 g/mol. The lowest BCUT2D eigenvalue weighted by Crippen LogP contribution is -2.07. The molecule has 3 rings (SSSR count). The highest BCUT2D eigenvalue weighted by Crippen LogP contribution is 2.59. The highest BCUT2D eigenvalue weighted by molar-refractivity contribution is 5.43. The summed E-state index contributed by atoms with van der Waals surface area (Å²) in [4.78, 5) is 0. The van der Waals surface area contributed by atoms with E-state index in [0.29, 0.717) is 5.76 Å². The molecule has 0 bridgehead atoms. The summed E-state index contributed by atoms with van der Waals surface area (Å²) in [7, 11) is 0. The smallest absolute Gasteiger partial charge is 0.118 e. The van der Waals surface area contributed by atoms with Gasteiger partial charge in [-0.25, -0.2) is 0 Å². The van der Waals surface area contributed by atoms with Crippen molar-refractivity contribution in [1.29, 1.82) is 0 Å². The Bertz CT molecular complexity index is 295. The lowest BCUT2D eigenvalue weighted by Gasteiger charge is -2.13. The van der Waals surface area contributed by atoms with Crippen molar-refractivity contribution in [2.75, 3.05) is 6.61 Å². The highest BCUT2D eigenvalue weighted by atomic mass is 16.5. The molecule has 0 unspecified atom stereocenters. The Kier molecular flexibility index (Phi) is 1.03. The van der Waals surface area contributed by atoms with Crippen LogP contribution >= 0.6 is 0 Å². The fraction of sp³-hybridized carbons (Fsp3) is 0.600. The van der Waals surface area contributed by atoms with Crippen LogP contribution < -0.4 is 0 Å². The zero-order chi connectivity index (χ0) is 8.18. The molecule has 2 heteroatoms. The van der Waals surface area contributed by atoms with Gasteiger partial charge in [-0.05, 0) is 25.3 Å². The van der Waals surface area contributed by atoms with Crippen molar-refractivity contribution in [3.05, 3.63) is 23.2 Å². The van der Waals surface area contributed by atoms with Crippen LogP contribution in [0.15, 0.2) is 23.2 Å². The van der Waals surface area contributed by atoms with Gasteiger partial charge in [0.05, 0.1) is 6.61 Å². The Morgan fingerprint density at radius 2 is 2.25 bits per heavy atom. The van der Waals surface area contributed by atoms with Crippen LogP contribution in [-0.2, 0) is 4.74 Å². The molecule has 2 aliphatic carbocycles. The third-order valence-corrected chi connectivity index (χ3v) is 3.15. The predicted octanol–water partition coefficient (Wildman–Crippen LogP) is 2.29. The molecule has 1 heterocycles. The minimum atomic E-state index is 0.246. The van der Waals surface area contributed by atoms with Crippen LogP contribution in [0.2, 0.25) is 0 Å². The van der Waals surface area contributed by atoms with Gasteiger partial charge >= 0.3 is 0 Å². The van der Waals surface area contributed by atoms with E-state index in [1.54, 1.807) is 0 Å². The van der Waals surface area contributed by atoms with Gasteiger partial charge in [0.1, 0.15) is 11.5 Å². The van der Waals surface area contributed by atoms with Crippen LogP contribution in [0.25, 0.3) is 0 Å². The summed E-state index contributed by atoms with van der Waals surface area (Å²) in [5, 5.41) is 9.68. The fourth-order valence-corrected chi connectivity index (χ4v) is 2.26. The third-order valence-electron chi connectivity index (χ3n) is 3.15. The van der Waals surface area contributed by atoms with E-state index in [1.807, 2.05) is 6.08 Å². The van der Waals surface area contributed by atoms with Crippen LogP contribution in [-0.4, -0.2) is 11.7 Å². The Hall–Kier alpha value is -0.920. The SMILES string of the molecule is OC1=CCCC2=C1C1(CC1)CO2. The fourth-order valence-electron chi connectivity index (χ4n) is 2.26. The minimum Gasteiger partial charge on any atom is -0.508 e. The molecule has 1 aliphatic heterocycles. The van der Waals surface area contributed by atoms with Crippen LogP contribution in [0.4, 0.5) is 0 Å². The summed E-state index contributed by atoms with van der Waals surface area (Å²) >= 11 is 0. The maximum Gasteiger partial charge on any atom is 0.118 e. The topological polar surface area (TPSA) is 29.5 Å². The van der Waals surface area contributed by atoms with Gasteiger partial charge in [0.25, 0.3) is 0 Å². The molecule has 0 aromatic heterocycles. The van der Waals surface area contributed by atoms with Gasteiger partial charge in [0.15, 0.2) is 0 Å². The second-order valence-corrected chi connectivity index (χ2v) is 4.00. The van der Waals surface area contributed by atoms with Crippen molar-refractivity contribution in [2.24, 2.45) is 5.41 Å². The summed E-state index contributed by atoms with van der Waals surface area (Å²) in [6.07, 6.45) is 6.24. The number of aliphatic hydroxyl groups excluding tert-OH is 1. The first-order chi connectivity index (χ1) is 5.82. The lowest BCUT2D eigenvalue weighted by atomic mass is 9.91. The average molecular weight is 164 g/mol. The zero-order valence-corrected chi connectivity index (χ0v) is 6.97. The molecule has 64 valence electrons. The van der Waals surface area contributed by atoms with Crippen LogP contribution in [0.1, 0.15) is 25.7 Å². The predicted molar refractivity (Wildman–Crippen MR) is 44.6 cm³/mol. The van der Waals surface area contributed by atoms with Crippen LogP contribution in [0.3, 0.4) is 0 Å². The normalized spacial score (nSPS) is 29.8. The number of aliphatic hydroxyl groups is 1. The van der Waals surface area contributed by atoms with Gasteiger partial charge in [0.2, 0.25) is 0 Å². The standard InChI is InChI=1S/C10H12O2/c11-7-2-1-3-8-9(7)10(4-5-10)6-12-8/h2,11H,1,3-6H2. The van der Waals surface area contributed by atoms with E-state index in [9.17, 15) is 5.11 Å². The largest absolute Gasteiger partial charge is 0.508 e. The number of hydrogen-bond donors (Lipinski definition) is 1. The summed E-state index contributed by atoms with van der Waals surface area (Å²) in [5.41, 5.74) is 1.38. The Morgan fingerprint density at radius 1 is 1.42 bits per heavy atom. The zero-order valence-electron chi connectivity index (χ0n) is 6.97. The van der Waals surface area contributed by atoms with E-state index < -0.39 is 0 Å². The molecule has 1 N–H and O–H groups in total. The first-order valence-corrected chi connectivity index (χ1v) is 4.58. The van der Waals surface area contributed by atoms with E-state index in [4.69, 9.17) is 4.74 Å². The summed E-state index contributed by atoms with van der Waals surface area (Å²) in [6, 6.07) is 0. The van der Waals surface area contributed by atoms with Gasteiger partial charge in [-0.15, -0.1) is 0 Å². The van der Waals surface area contributed by atoms with E-state index in [1.165, 1.54) is 12.8 Å². The first kappa shape index (κ1) is 6.58. The maximum absolute atomic E-state index is 9.68. The molecule has 0 amide bonds. The van der Waals surface area contributed by atoms with Gasteiger partial charge in [-0.1, -0.05) is 0 Å². The number of fused-ring (bicyclic) bond motifs is 1. The third kappa shape index (κ3) is 0.655. The molecule has 3 aliphatic rings. The van der Waals surface area contributed by atoms with E-state index in [0.717, 1.165) is 30.8 Å². The summed E-state index contributed by atoms with van der Waals surface area (Å²) < 4.78 is 5.58. The lowest BCUT2D eigenvalue weighted by molar-refractivity contribution is 0.204. The number of allylic oxidation sites excluding steroid dienone is 3. The van der Waals surface area contributed by atoms with E-state index in [-0.39, 0.29) is 5.41 Å². The number of hydrogen-bond acceptors (Lipinski definition) is 2. The van der Waals surface area contributed by atoms with Crippen molar-refractivity contribution in [3.8, 4) is 0 Å². The number of ether oxygens (including phenoxy) is 1. The van der Waals surface area contributed by atoms with Crippen molar-refractivity contribution in [1.82, 2.24) is 0 Å². The second-order valence-electron chi connectivity index (χ2n) is 4.00. The van der Waals surface area contributed by atoms with Gasteiger partial charge < -0.3 is 9.84 Å². The van der Waals surface area contributed by atoms with Crippen LogP contribution in [0.5, 0.6) is 0 Å². The van der Waals surface area contributed by atoms with Crippen molar-refractivity contribution in [3.63, 3.8) is 0 Å². The molecule has 0 radical (unpaired) electrons. The van der Waals surface area contributed by atoms with Gasteiger partial charge in [-0.3, -0.25) is 0 Å². The molecule has 0 atom stereocenters. The molecule has 1 spiro atoms. The van der Waals surface area contributed by atoms with Crippen molar-refractivity contribution in [2.45, 2.75) is 25.7 Å². The molecule has 0 aromatic rings. The second kappa shape index (κ2) is 1.87. The molecule has 12 heavy (non-hydrogen) atoms. The summed E-state index contributed by atoms with van der Waals surface area (Å²) in [6.45, 7) is 0.815.